The minimum absolute atomic E-state index is 0.0823. The first-order valence-corrected chi connectivity index (χ1v) is 6.46. The fraction of sp³-hybridized carbons (Fsp3) is 0.286. The number of nitrogens with one attached hydrogen (secondary N) is 2. The van der Waals surface area contributed by atoms with Gasteiger partial charge >= 0.3 is 11.8 Å². The Hall–Kier alpha value is -2.35. The molecule has 1 aromatic carbocycles. The van der Waals surface area contributed by atoms with Crippen LogP contribution in [0.1, 0.15) is 6.42 Å². The molecule has 3 N–H and O–H groups in total. The molecule has 0 spiro atoms. The van der Waals surface area contributed by atoms with E-state index in [1.165, 1.54) is 0 Å². The molecule has 8 heteroatoms. The zero-order valence-electron chi connectivity index (χ0n) is 11.3. The number of carbonyl (C=O) groups excluding carboxylic acids is 2. The standard InChI is InChI=1S/C14H13F3N2O3/c15-8-4-10(16)12(11(17)5-8)19-14(22)13(21)18-9-2-1-7(3-9)6-20/h1-2,4-5,7,9,20H,3,6H2,(H,18,21)(H,19,22)/t7-,9+/m0/s1. The Labute approximate surface area is 123 Å². The van der Waals surface area contributed by atoms with Crippen LogP contribution < -0.4 is 10.6 Å². The average Bonchev–Trinajstić information content (AvgIpc) is 2.90. The molecular formula is C14H13F3N2O3. The minimum atomic E-state index is -1.32. The molecule has 0 radical (unpaired) electrons. The third-order valence-corrected chi connectivity index (χ3v) is 3.17. The summed E-state index contributed by atoms with van der Waals surface area (Å²) in [4.78, 5) is 23.3. The highest BCUT2D eigenvalue weighted by molar-refractivity contribution is 6.39. The van der Waals surface area contributed by atoms with Gasteiger partial charge in [0, 0.05) is 30.7 Å². The lowest BCUT2D eigenvalue weighted by molar-refractivity contribution is -0.136. The number of hydrogen-bond acceptors (Lipinski definition) is 3. The molecule has 0 saturated heterocycles. The maximum absolute atomic E-state index is 13.4. The van der Waals surface area contributed by atoms with Crippen LogP contribution in [0.3, 0.4) is 0 Å². The van der Waals surface area contributed by atoms with Crippen molar-refractivity contribution in [2.45, 2.75) is 12.5 Å². The van der Waals surface area contributed by atoms with Crippen molar-refractivity contribution in [3.8, 4) is 0 Å². The Kier molecular flexibility index (Phi) is 4.81. The van der Waals surface area contributed by atoms with E-state index in [1.54, 1.807) is 17.5 Å². The molecule has 0 saturated carbocycles. The molecule has 0 aliphatic heterocycles. The van der Waals surface area contributed by atoms with Crippen LogP contribution in [0.25, 0.3) is 0 Å². The summed E-state index contributed by atoms with van der Waals surface area (Å²) in [6, 6.07) is 0.336. The second-order valence-corrected chi connectivity index (χ2v) is 4.84. The predicted octanol–water partition coefficient (Wildman–Crippen LogP) is 1.10. The topological polar surface area (TPSA) is 78.4 Å². The van der Waals surface area contributed by atoms with Crippen LogP contribution in [0.5, 0.6) is 0 Å². The Morgan fingerprint density at radius 1 is 1.14 bits per heavy atom. The number of benzene rings is 1. The van der Waals surface area contributed by atoms with E-state index in [9.17, 15) is 22.8 Å². The minimum Gasteiger partial charge on any atom is -0.396 e. The second-order valence-electron chi connectivity index (χ2n) is 4.84. The van der Waals surface area contributed by atoms with Gasteiger partial charge < -0.3 is 15.7 Å². The van der Waals surface area contributed by atoms with Crippen LogP contribution in [-0.4, -0.2) is 29.6 Å². The fourth-order valence-electron chi connectivity index (χ4n) is 2.08. The number of carbonyl (C=O) groups is 2. The second kappa shape index (κ2) is 6.61. The smallest absolute Gasteiger partial charge is 0.313 e. The Morgan fingerprint density at radius 3 is 2.32 bits per heavy atom. The molecule has 2 rings (SSSR count). The monoisotopic (exact) mass is 314 g/mol. The summed E-state index contributed by atoms with van der Waals surface area (Å²) in [5.74, 6) is -6.25. The summed E-state index contributed by atoms with van der Waals surface area (Å²) in [7, 11) is 0. The van der Waals surface area contributed by atoms with E-state index in [1.807, 2.05) is 0 Å². The summed E-state index contributed by atoms with van der Waals surface area (Å²) in [6.45, 7) is -0.0823. The summed E-state index contributed by atoms with van der Waals surface area (Å²) in [6.07, 6.45) is 3.74. The number of aliphatic hydroxyl groups excluding tert-OH is 1. The first-order chi connectivity index (χ1) is 10.4. The molecule has 0 heterocycles. The highest BCUT2D eigenvalue weighted by Gasteiger charge is 2.24. The van der Waals surface area contributed by atoms with Gasteiger partial charge in [0.15, 0.2) is 11.6 Å². The van der Waals surface area contributed by atoms with Crippen molar-refractivity contribution in [1.29, 1.82) is 0 Å². The van der Waals surface area contributed by atoms with Gasteiger partial charge in [-0.25, -0.2) is 13.2 Å². The molecule has 118 valence electrons. The first-order valence-electron chi connectivity index (χ1n) is 6.46. The molecule has 1 aromatic rings. The quantitative estimate of drug-likeness (QED) is 0.577. The summed E-state index contributed by atoms with van der Waals surface area (Å²) in [5.41, 5.74) is -0.892. The van der Waals surface area contributed by atoms with Gasteiger partial charge in [-0.1, -0.05) is 12.2 Å². The van der Waals surface area contributed by atoms with Gasteiger partial charge in [0.1, 0.15) is 11.5 Å². The largest absolute Gasteiger partial charge is 0.396 e. The zero-order chi connectivity index (χ0) is 16.3. The zero-order valence-corrected chi connectivity index (χ0v) is 11.3. The van der Waals surface area contributed by atoms with Crippen LogP contribution in [-0.2, 0) is 9.59 Å². The van der Waals surface area contributed by atoms with Crippen LogP contribution in [0.4, 0.5) is 18.9 Å². The summed E-state index contributed by atoms with van der Waals surface area (Å²) in [5, 5.41) is 13.1. The molecule has 0 fully saturated rings. The van der Waals surface area contributed by atoms with Gasteiger partial charge in [-0.05, 0) is 6.42 Å². The normalized spacial score (nSPS) is 20.0. The highest BCUT2D eigenvalue weighted by Crippen LogP contribution is 2.20. The molecular weight excluding hydrogens is 301 g/mol. The van der Waals surface area contributed by atoms with Crippen molar-refractivity contribution < 1.29 is 27.9 Å². The van der Waals surface area contributed by atoms with Crippen molar-refractivity contribution in [3.05, 3.63) is 41.7 Å². The van der Waals surface area contributed by atoms with Gasteiger partial charge in [0.25, 0.3) is 0 Å². The molecule has 0 bridgehead atoms. The maximum Gasteiger partial charge on any atom is 0.313 e. The summed E-state index contributed by atoms with van der Waals surface area (Å²) >= 11 is 0. The fourth-order valence-corrected chi connectivity index (χ4v) is 2.08. The lowest BCUT2D eigenvalue weighted by Gasteiger charge is -2.13. The van der Waals surface area contributed by atoms with Gasteiger partial charge in [0.05, 0.1) is 0 Å². The van der Waals surface area contributed by atoms with Gasteiger partial charge in [0.2, 0.25) is 0 Å². The van der Waals surface area contributed by atoms with E-state index in [0.717, 1.165) is 0 Å². The van der Waals surface area contributed by atoms with E-state index >= 15 is 0 Å². The van der Waals surface area contributed by atoms with E-state index < -0.39 is 41.0 Å². The highest BCUT2D eigenvalue weighted by atomic mass is 19.1. The van der Waals surface area contributed by atoms with Crippen molar-refractivity contribution in [3.63, 3.8) is 0 Å². The van der Waals surface area contributed by atoms with E-state index in [-0.39, 0.29) is 12.5 Å². The Bertz CT molecular complexity index is 611. The van der Waals surface area contributed by atoms with Crippen LogP contribution in [0.15, 0.2) is 24.3 Å². The van der Waals surface area contributed by atoms with Gasteiger partial charge in [-0.3, -0.25) is 9.59 Å². The summed E-state index contributed by atoms with van der Waals surface area (Å²) < 4.78 is 39.5. The molecule has 0 unspecified atom stereocenters. The number of anilines is 1. The van der Waals surface area contributed by atoms with Crippen molar-refractivity contribution in [2.24, 2.45) is 5.92 Å². The van der Waals surface area contributed by atoms with Crippen LogP contribution in [0.2, 0.25) is 0 Å². The number of hydrogen-bond donors (Lipinski definition) is 3. The molecule has 1 aliphatic carbocycles. The van der Waals surface area contributed by atoms with E-state index in [2.05, 4.69) is 5.32 Å². The number of halogens is 3. The first kappa shape index (κ1) is 16.0. The third kappa shape index (κ3) is 3.64. The van der Waals surface area contributed by atoms with Crippen molar-refractivity contribution >= 4 is 17.5 Å². The van der Waals surface area contributed by atoms with E-state index in [0.29, 0.717) is 18.6 Å². The van der Waals surface area contributed by atoms with Gasteiger partial charge in [-0.2, -0.15) is 0 Å². The molecule has 2 atom stereocenters. The third-order valence-electron chi connectivity index (χ3n) is 3.17. The molecule has 5 nitrogen and oxygen atoms in total. The van der Waals surface area contributed by atoms with Crippen molar-refractivity contribution in [2.75, 3.05) is 11.9 Å². The molecule has 0 aromatic heterocycles. The lowest BCUT2D eigenvalue weighted by atomic mass is 10.1. The lowest BCUT2D eigenvalue weighted by Crippen LogP contribution is -2.41. The average molecular weight is 314 g/mol. The number of rotatable bonds is 3. The molecule has 1 aliphatic rings. The van der Waals surface area contributed by atoms with Crippen LogP contribution >= 0.6 is 0 Å². The van der Waals surface area contributed by atoms with E-state index in [4.69, 9.17) is 5.11 Å². The predicted molar refractivity (Wildman–Crippen MR) is 71.2 cm³/mol. The van der Waals surface area contributed by atoms with Crippen LogP contribution in [0, 0.1) is 23.4 Å². The number of aliphatic hydroxyl groups is 1. The van der Waals surface area contributed by atoms with Crippen molar-refractivity contribution in [1.82, 2.24) is 5.32 Å². The Balaban J connectivity index is 1.98. The molecule has 2 amide bonds. The maximum atomic E-state index is 13.4. The SMILES string of the molecule is O=C(Nc1c(F)cc(F)cc1F)C(=O)N[C@@H]1C=C[C@H](CO)C1. The Morgan fingerprint density at radius 2 is 1.77 bits per heavy atom. The number of amides is 2. The van der Waals surface area contributed by atoms with Gasteiger partial charge in [-0.15, -0.1) is 0 Å². The molecule has 22 heavy (non-hydrogen) atoms.